The lowest BCUT2D eigenvalue weighted by Crippen LogP contribution is -2.59. The fourth-order valence-electron chi connectivity index (χ4n) is 5.02. The first-order valence-electron chi connectivity index (χ1n) is 13.7. The fraction of sp³-hybridized carbons (Fsp3) is 0.833. The predicted molar refractivity (Wildman–Crippen MR) is 136 cm³/mol. The van der Waals surface area contributed by atoms with Crippen molar-refractivity contribution in [3.05, 3.63) is 0 Å². The molecule has 234 valence electrons. The number of hydrogen-bond acceptors (Lipinski definition) is 13. The van der Waals surface area contributed by atoms with Crippen LogP contribution in [0.4, 0.5) is 4.79 Å². The smallest absolute Gasteiger partial charge is 0.326 e. The Bertz CT molecular complexity index is 925. The maximum atomic E-state index is 13.1. The van der Waals surface area contributed by atoms with E-state index in [4.69, 9.17) is 15.2 Å². The number of nitrogens with zero attached hydrogens (tertiary/aromatic N) is 1. The maximum Gasteiger partial charge on any atom is 0.326 e. The molecule has 17 heteroatoms. The van der Waals surface area contributed by atoms with E-state index >= 15 is 0 Å². The molecule has 3 fully saturated rings. The molecule has 17 nitrogen and oxygen atoms in total. The molecule has 0 aliphatic carbocycles. The standard InChI is InChI=1S/C24H41N5O12/c25-6-3-1-2-4-11(27-16(32)8-12-17(33)20(36)19(35)14(10-30)40-12)22(38)26-9-13-18(34)21(37)23(41-13)29-7-5-15(31)28-24(29)39/h11-14,17-21,23,30,33-37H,1-10,25H2,(H,26,38)(H,27,32)(H,28,31,39)/t11-,12+,13?,14+,17-,18+,19-,20+,21+,23+/m0/s1. The molecule has 0 aromatic heterocycles. The monoisotopic (exact) mass is 591 g/mol. The van der Waals surface area contributed by atoms with Gasteiger partial charge in [-0.1, -0.05) is 12.8 Å². The van der Waals surface area contributed by atoms with E-state index in [1.54, 1.807) is 0 Å². The molecular weight excluding hydrogens is 550 g/mol. The number of hydrogen-bond donors (Lipinski definition) is 10. The van der Waals surface area contributed by atoms with Gasteiger partial charge in [0, 0.05) is 19.5 Å². The van der Waals surface area contributed by atoms with Crippen LogP contribution in [0.5, 0.6) is 0 Å². The minimum atomic E-state index is -1.65. The van der Waals surface area contributed by atoms with Crippen molar-refractivity contribution in [3.8, 4) is 0 Å². The normalized spacial score (nSPS) is 34.7. The van der Waals surface area contributed by atoms with E-state index in [9.17, 15) is 49.8 Å². The topological polar surface area (TPSA) is 273 Å². The van der Waals surface area contributed by atoms with E-state index in [-0.39, 0.29) is 25.9 Å². The average Bonchev–Trinajstić information content (AvgIpc) is 3.22. The number of rotatable bonds is 13. The summed E-state index contributed by atoms with van der Waals surface area (Å²) in [5.74, 6) is -1.81. The number of urea groups is 1. The SMILES string of the molecule is NCCCCC[C@H](NC(=O)C[C@H]1O[C@H](CO)[C@H](O)[C@H](O)[C@H]1O)C(=O)NCC1O[C@@H](N2CCC(=O)NC2=O)[C@H](O)[C@@H]1O. The first kappa shape index (κ1) is 33.0. The molecule has 0 aromatic rings. The molecule has 3 aliphatic rings. The highest BCUT2D eigenvalue weighted by Gasteiger charge is 2.48. The number of carbonyl (C=O) groups excluding carboxylic acids is 4. The number of nitrogens with two attached hydrogens (primary N) is 1. The maximum absolute atomic E-state index is 13.1. The Morgan fingerprint density at radius 1 is 0.951 bits per heavy atom. The summed E-state index contributed by atoms with van der Waals surface area (Å²) in [4.78, 5) is 50.5. The van der Waals surface area contributed by atoms with Crippen LogP contribution in [0.15, 0.2) is 0 Å². The second kappa shape index (κ2) is 15.1. The number of carbonyl (C=O) groups is 4. The van der Waals surface area contributed by atoms with Gasteiger partial charge in [-0.3, -0.25) is 24.6 Å². The predicted octanol–water partition coefficient (Wildman–Crippen LogP) is -5.27. The lowest BCUT2D eigenvalue weighted by Gasteiger charge is -2.39. The summed E-state index contributed by atoms with van der Waals surface area (Å²) >= 11 is 0. The molecule has 0 radical (unpaired) electrons. The summed E-state index contributed by atoms with van der Waals surface area (Å²) in [5.41, 5.74) is 5.52. The van der Waals surface area contributed by atoms with Crippen LogP contribution in [0.25, 0.3) is 0 Å². The molecule has 1 unspecified atom stereocenters. The van der Waals surface area contributed by atoms with Gasteiger partial charge in [-0.05, 0) is 19.4 Å². The molecule has 0 spiro atoms. The van der Waals surface area contributed by atoms with Crippen LogP contribution in [0.1, 0.15) is 38.5 Å². The first-order valence-corrected chi connectivity index (χ1v) is 13.7. The molecule has 5 amide bonds. The Labute approximate surface area is 236 Å². The minimum absolute atomic E-state index is 0.00945. The number of nitrogens with one attached hydrogen (secondary N) is 3. The van der Waals surface area contributed by atoms with Gasteiger partial charge in [0.25, 0.3) is 0 Å². The lowest BCUT2D eigenvalue weighted by atomic mass is 9.93. The molecule has 0 saturated carbocycles. The van der Waals surface area contributed by atoms with Gasteiger partial charge in [-0.25, -0.2) is 4.79 Å². The third-order valence-electron chi connectivity index (χ3n) is 7.44. The summed E-state index contributed by atoms with van der Waals surface area (Å²) < 4.78 is 11.0. The van der Waals surface area contributed by atoms with Crippen LogP contribution in [-0.4, -0.2) is 147 Å². The molecule has 10 atom stereocenters. The Morgan fingerprint density at radius 2 is 1.63 bits per heavy atom. The quantitative estimate of drug-likeness (QED) is 0.0898. The zero-order chi connectivity index (χ0) is 30.3. The number of aliphatic hydroxyl groups excluding tert-OH is 6. The van der Waals surface area contributed by atoms with Gasteiger partial charge in [0.15, 0.2) is 6.23 Å². The van der Waals surface area contributed by atoms with Gasteiger partial charge in [0.2, 0.25) is 17.7 Å². The van der Waals surface area contributed by atoms with Gasteiger partial charge in [-0.2, -0.15) is 0 Å². The van der Waals surface area contributed by atoms with E-state index in [2.05, 4.69) is 16.0 Å². The molecule has 0 aromatic carbocycles. The van der Waals surface area contributed by atoms with Crippen LogP contribution in [-0.2, 0) is 23.9 Å². The van der Waals surface area contributed by atoms with Crippen molar-refractivity contribution in [1.29, 1.82) is 0 Å². The van der Waals surface area contributed by atoms with E-state index in [1.165, 1.54) is 0 Å². The van der Waals surface area contributed by atoms with Gasteiger partial charge in [-0.15, -0.1) is 0 Å². The highest BCUT2D eigenvalue weighted by molar-refractivity contribution is 5.96. The van der Waals surface area contributed by atoms with Crippen LogP contribution in [0, 0.1) is 0 Å². The van der Waals surface area contributed by atoms with Crippen molar-refractivity contribution < 1.29 is 59.3 Å². The highest BCUT2D eigenvalue weighted by Crippen LogP contribution is 2.26. The van der Waals surface area contributed by atoms with Crippen molar-refractivity contribution in [3.63, 3.8) is 0 Å². The van der Waals surface area contributed by atoms with Gasteiger partial charge in [0.1, 0.15) is 48.8 Å². The first-order chi connectivity index (χ1) is 19.5. The number of aliphatic hydroxyl groups is 6. The summed E-state index contributed by atoms with van der Waals surface area (Å²) in [5, 5.41) is 67.6. The fourth-order valence-corrected chi connectivity index (χ4v) is 5.02. The second-order valence-electron chi connectivity index (χ2n) is 10.4. The van der Waals surface area contributed by atoms with Crippen molar-refractivity contribution in [1.82, 2.24) is 20.9 Å². The summed E-state index contributed by atoms with van der Waals surface area (Å²) in [6.07, 6.45) is -11.0. The van der Waals surface area contributed by atoms with E-state index in [0.717, 1.165) is 4.90 Å². The number of amides is 5. The van der Waals surface area contributed by atoms with Crippen LogP contribution < -0.4 is 21.7 Å². The molecule has 3 saturated heterocycles. The largest absolute Gasteiger partial charge is 0.394 e. The molecule has 11 N–H and O–H groups in total. The minimum Gasteiger partial charge on any atom is -0.394 e. The van der Waals surface area contributed by atoms with E-state index < -0.39 is 97.9 Å². The Kier molecular flexibility index (Phi) is 12.2. The van der Waals surface area contributed by atoms with Crippen LogP contribution >= 0.6 is 0 Å². The van der Waals surface area contributed by atoms with Crippen molar-refractivity contribution in [2.24, 2.45) is 5.73 Å². The van der Waals surface area contributed by atoms with Crippen LogP contribution in [0.2, 0.25) is 0 Å². The Morgan fingerprint density at radius 3 is 2.29 bits per heavy atom. The summed E-state index contributed by atoms with van der Waals surface area (Å²) in [6.45, 7) is -0.502. The zero-order valence-electron chi connectivity index (χ0n) is 22.5. The molecule has 41 heavy (non-hydrogen) atoms. The third kappa shape index (κ3) is 8.30. The van der Waals surface area contributed by atoms with E-state index in [1.807, 2.05) is 0 Å². The van der Waals surface area contributed by atoms with Gasteiger partial charge >= 0.3 is 6.03 Å². The van der Waals surface area contributed by atoms with Gasteiger partial charge in [0.05, 0.1) is 19.1 Å². The summed E-state index contributed by atoms with van der Waals surface area (Å²) in [7, 11) is 0. The van der Waals surface area contributed by atoms with Gasteiger partial charge < -0.3 is 56.5 Å². The summed E-state index contributed by atoms with van der Waals surface area (Å²) in [6, 6.07) is -1.83. The number of ether oxygens (including phenoxy) is 2. The molecule has 3 rings (SSSR count). The molecule has 0 bridgehead atoms. The number of unbranched alkanes of at least 4 members (excludes halogenated alkanes) is 2. The van der Waals surface area contributed by atoms with Crippen molar-refractivity contribution in [2.75, 3.05) is 26.2 Å². The zero-order valence-corrected chi connectivity index (χ0v) is 22.5. The van der Waals surface area contributed by atoms with Crippen molar-refractivity contribution in [2.45, 2.75) is 99.6 Å². The Balaban J connectivity index is 1.58. The molecular formula is C24H41N5O12. The van der Waals surface area contributed by atoms with Crippen LogP contribution in [0.3, 0.4) is 0 Å². The average molecular weight is 592 g/mol. The Hall–Kier alpha value is -2.48. The molecule has 3 aliphatic heterocycles. The lowest BCUT2D eigenvalue weighted by molar-refractivity contribution is -0.229. The second-order valence-corrected chi connectivity index (χ2v) is 10.4. The van der Waals surface area contributed by atoms with Crippen molar-refractivity contribution >= 4 is 23.8 Å². The number of imide groups is 1. The third-order valence-corrected chi connectivity index (χ3v) is 7.44. The van der Waals surface area contributed by atoms with E-state index in [0.29, 0.717) is 25.8 Å². The highest BCUT2D eigenvalue weighted by atomic mass is 16.6. The molecule has 3 heterocycles.